The molecule has 1 aliphatic rings. The first kappa shape index (κ1) is 15.7. The van der Waals surface area contributed by atoms with Crippen molar-refractivity contribution in [1.82, 2.24) is 10.2 Å². The zero-order valence-electron chi connectivity index (χ0n) is 10.2. The Balaban J connectivity index is 0.00000225. The Kier molecular flexibility index (Phi) is 8.61. The molecule has 1 aliphatic heterocycles. The van der Waals surface area contributed by atoms with Crippen LogP contribution in [0.5, 0.6) is 0 Å². The van der Waals surface area contributed by atoms with Gasteiger partial charge in [0.25, 0.3) is 0 Å². The zero-order valence-corrected chi connectivity index (χ0v) is 11.0. The molecule has 1 saturated heterocycles. The van der Waals surface area contributed by atoms with Gasteiger partial charge in [-0.2, -0.15) is 0 Å². The molecule has 1 N–H and O–H groups in total. The fourth-order valence-corrected chi connectivity index (χ4v) is 1.98. The van der Waals surface area contributed by atoms with Crippen molar-refractivity contribution < 1.29 is 9.53 Å². The van der Waals surface area contributed by atoms with Crippen LogP contribution in [-0.2, 0) is 9.53 Å². The van der Waals surface area contributed by atoms with Crippen molar-refractivity contribution >= 4 is 18.4 Å². The third kappa shape index (κ3) is 5.68. The summed E-state index contributed by atoms with van der Waals surface area (Å²) in [5, 5.41) is 3.35. The van der Waals surface area contributed by atoms with Gasteiger partial charge in [-0.05, 0) is 38.4 Å². The molecule has 0 aromatic carbocycles. The molecule has 0 bridgehead atoms. The summed E-state index contributed by atoms with van der Waals surface area (Å²) in [4.78, 5) is 13.3. The molecule has 0 amide bonds. The monoisotopic (exact) mass is 250 g/mol. The molecule has 1 fully saturated rings. The van der Waals surface area contributed by atoms with Crippen LogP contribution in [0.3, 0.4) is 0 Å². The first-order chi connectivity index (χ1) is 7.26. The summed E-state index contributed by atoms with van der Waals surface area (Å²) in [6.45, 7) is 6.67. The van der Waals surface area contributed by atoms with Crippen LogP contribution in [0.2, 0.25) is 0 Å². The second-order valence-corrected chi connectivity index (χ2v) is 4.10. The largest absolute Gasteiger partial charge is 0.468 e. The van der Waals surface area contributed by atoms with Gasteiger partial charge in [-0.1, -0.05) is 6.92 Å². The summed E-state index contributed by atoms with van der Waals surface area (Å²) in [7, 11) is 1.45. The van der Waals surface area contributed by atoms with E-state index < -0.39 is 0 Å². The van der Waals surface area contributed by atoms with E-state index in [1.165, 1.54) is 20.0 Å². The molecular weight excluding hydrogens is 228 g/mol. The first-order valence-electron chi connectivity index (χ1n) is 5.76. The molecule has 0 atom stereocenters. The zero-order chi connectivity index (χ0) is 11.1. The van der Waals surface area contributed by atoms with Crippen LogP contribution in [0.25, 0.3) is 0 Å². The number of rotatable bonds is 5. The van der Waals surface area contributed by atoms with E-state index >= 15 is 0 Å². The third-order valence-electron chi connectivity index (χ3n) is 3.00. The van der Waals surface area contributed by atoms with Gasteiger partial charge in [0, 0.05) is 6.54 Å². The molecule has 4 nitrogen and oxygen atoms in total. The van der Waals surface area contributed by atoms with Gasteiger partial charge in [-0.25, -0.2) is 0 Å². The summed E-state index contributed by atoms with van der Waals surface area (Å²) in [5.41, 5.74) is 0. The standard InChI is InChI=1S/C11H22N2O2.ClH/c1-3-13(9-11(14)15-2)8-10-4-6-12-7-5-10;/h10,12H,3-9H2,1-2H3;1H. The number of methoxy groups -OCH3 is 1. The summed E-state index contributed by atoms with van der Waals surface area (Å²) in [6.07, 6.45) is 2.44. The topological polar surface area (TPSA) is 41.6 Å². The van der Waals surface area contributed by atoms with E-state index in [4.69, 9.17) is 0 Å². The van der Waals surface area contributed by atoms with Gasteiger partial charge < -0.3 is 10.1 Å². The predicted octanol–water partition coefficient (Wildman–Crippen LogP) is 0.903. The lowest BCUT2D eigenvalue weighted by Gasteiger charge is -2.28. The highest BCUT2D eigenvalue weighted by molar-refractivity contribution is 5.85. The molecule has 1 rings (SSSR count). The second-order valence-electron chi connectivity index (χ2n) is 4.10. The highest BCUT2D eigenvalue weighted by Crippen LogP contribution is 2.13. The summed E-state index contributed by atoms with van der Waals surface area (Å²) < 4.78 is 4.68. The number of hydrogen-bond donors (Lipinski definition) is 1. The van der Waals surface area contributed by atoms with Crippen molar-refractivity contribution in [2.75, 3.05) is 39.8 Å². The summed E-state index contributed by atoms with van der Waals surface area (Å²) in [5.74, 6) is 0.599. The van der Waals surface area contributed by atoms with Gasteiger partial charge in [0.05, 0.1) is 13.7 Å². The smallest absolute Gasteiger partial charge is 0.319 e. The van der Waals surface area contributed by atoms with Crippen molar-refractivity contribution in [3.05, 3.63) is 0 Å². The van der Waals surface area contributed by atoms with Crippen LogP contribution in [-0.4, -0.2) is 50.7 Å². The van der Waals surface area contributed by atoms with Gasteiger partial charge in [0.2, 0.25) is 0 Å². The Morgan fingerprint density at radius 1 is 1.44 bits per heavy atom. The van der Waals surface area contributed by atoms with E-state index in [1.807, 2.05) is 0 Å². The fourth-order valence-electron chi connectivity index (χ4n) is 1.98. The Morgan fingerprint density at radius 2 is 2.06 bits per heavy atom. The summed E-state index contributed by atoms with van der Waals surface area (Å²) >= 11 is 0. The van der Waals surface area contributed by atoms with Crippen molar-refractivity contribution in [2.45, 2.75) is 19.8 Å². The number of hydrogen-bond acceptors (Lipinski definition) is 4. The molecule has 1 heterocycles. The van der Waals surface area contributed by atoms with Gasteiger partial charge in [-0.15, -0.1) is 12.4 Å². The fraction of sp³-hybridized carbons (Fsp3) is 0.909. The average molecular weight is 251 g/mol. The van der Waals surface area contributed by atoms with Gasteiger partial charge >= 0.3 is 5.97 Å². The van der Waals surface area contributed by atoms with Crippen molar-refractivity contribution in [1.29, 1.82) is 0 Å². The molecule has 0 radical (unpaired) electrons. The average Bonchev–Trinajstić information content (AvgIpc) is 2.29. The maximum atomic E-state index is 11.1. The molecule has 0 aromatic heterocycles. The molecule has 16 heavy (non-hydrogen) atoms. The number of halogens is 1. The molecule has 0 saturated carbocycles. The van der Waals surface area contributed by atoms with Gasteiger partial charge in [0.15, 0.2) is 0 Å². The SMILES string of the molecule is CCN(CC(=O)OC)CC1CCNCC1.Cl. The van der Waals surface area contributed by atoms with Gasteiger partial charge in [-0.3, -0.25) is 9.69 Å². The molecule has 96 valence electrons. The lowest BCUT2D eigenvalue weighted by atomic mass is 9.97. The van der Waals surface area contributed by atoms with Crippen molar-refractivity contribution in [3.8, 4) is 0 Å². The van der Waals surface area contributed by atoms with Gasteiger partial charge in [0.1, 0.15) is 0 Å². The van der Waals surface area contributed by atoms with E-state index in [9.17, 15) is 4.79 Å². The first-order valence-corrected chi connectivity index (χ1v) is 5.76. The Bertz CT molecular complexity index is 196. The lowest BCUT2D eigenvalue weighted by Crippen LogP contribution is -2.38. The minimum atomic E-state index is -0.134. The van der Waals surface area contributed by atoms with E-state index in [0.29, 0.717) is 6.54 Å². The number of nitrogens with zero attached hydrogens (tertiary/aromatic N) is 1. The highest BCUT2D eigenvalue weighted by Gasteiger charge is 2.17. The number of likely N-dealkylation sites (N-methyl/N-ethyl adjacent to an activating group) is 1. The quantitative estimate of drug-likeness (QED) is 0.737. The lowest BCUT2D eigenvalue weighted by molar-refractivity contribution is -0.142. The van der Waals surface area contributed by atoms with E-state index in [-0.39, 0.29) is 18.4 Å². The predicted molar refractivity (Wildman–Crippen MR) is 67.0 cm³/mol. The van der Waals surface area contributed by atoms with E-state index in [0.717, 1.165) is 32.1 Å². The number of carbonyl (C=O) groups is 1. The molecular formula is C11H23ClN2O2. The number of ether oxygens (including phenoxy) is 1. The molecule has 5 heteroatoms. The Hall–Kier alpha value is -0.320. The second kappa shape index (κ2) is 8.79. The van der Waals surface area contributed by atoms with Crippen molar-refractivity contribution in [3.63, 3.8) is 0 Å². The van der Waals surface area contributed by atoms with Crippen LogP contribution < -0.4 is 5.32 Å². The number of piperidine rings is 1. The van der Waals surface area contributed by atoms with Crippen LogP contribution >= 0.6 is 12.4 Å². The molecule has 0 aliphatic carbocycles. The highest BCUT2D eigenvalue weighted by atomic mass is 35.5. The van der Waals surface area contributed by atoms with E-state index in [2.05, 4.69) is 21.9 Å². The van der Waals surface area contributed by atoms with Crippen LogP contribution in [0.15, 0.2) is 0 Å². The summed E-state index contributed by atoms with van der Waals surface area (Å²) in [6, 6.07) is 0. The molecule has 0 unspecified atom stereocenters. The number of carbonyl (C=O) groups excluding carboxylic acids is 1. The van der Waals surface area contributed by atoms with Crippen LogP contribution in [0.1, 0.15) is 19.8 Å². The normalized spacial score (nSPS) is 16.9. The van der Waals surface area contributed by atoms with E-state index in [1.54, 1.807) is 0 Å². The minimum Gasteiger partial charge on any atom is -0.468 e. The Labute approximate surface area is 104 Å². The number of esters is 1. The maximum Gasteiger partial charge on any atom is 0.319 e. The van der Waals surface area contributed by atoms with Crippen LogP contribution in [0.4, 0.5) is 0 Å². The Morgan fingerprint density at radius 3 is 2.56 bits per heavy atom. The van der Waals surface area contributed by atoms with Crippen molar-refractivity contribution in [2.24, 2.45) is 5.92 Å². The number of nitrogens with one attached hydrogen (secondary N) is 1. The molecule has 0 spiro atoms. The molecule has 0 aromatic rings. The maximum absolute atomic E-state index is 11.1. The van der Waals surface area contributed by atoms with Crippen LogP contribution in [0, 0.1) is 5.92 Å². The third-order valence-corrected chi connectivity index (χ3v) is 3.00. The minimum absolute atomic E-state index is 0.